The molecule has 2 unspecified atom stereocenters. The molecule has 116 valence electrons. The fourth-order valence-electron chi connectivity index (χ4n) is 4.39. The average Bonchev–Trinajstić information content (AvgIpc) is 3.12. The molecule has 1 heterocycles. The molecule has 4 heteroatoms. The summed E-state index contributed by atoms with van der Waals surface area (Å²) in [5, 5.41) is 0.895. The predicted octanol–water partition coefficient (Wildman–Crippen LogP) is 3.23. The second-order valence-corrected chi connectivity index (χ2v) is 8.34. The summed E-state index contributed by atoms with van der Waals surface area (Å²) in [5.74, 6) is 7.76. The smallest absolute Gasteiger partial charge is 0.0685 e. The summed E-state index contributed by atoms with van der Waals surface area (Å²) in [6.45, 7) is 0.941. The van der Waals surface area contributed by atoms with E-state index in [1.54, 1.807) is 0 Å². The Hall–Kier alpha value is 0.230. The Kier molecular flexibility index (Phi) is 5.29. The normalized spacial score (nSPS) is 31.9. The number of rotatable bonds is 5. The Balaban J connectivity index is 1.51. The van der Waals surface area contributed by atoms with Gasteiger partial charge in [-0.15, -0.1) is 0 Å². The van der Waals surface area contributed by atoms with Crippen LogP contribution in [-0.4, -0.2) is 29.3 Å². The summed E-state index contributed by atoms with van der Waals surface area (Å²) in [6.07, 6.45) is 13.4. The molecule has 20 heavy (non-hydrogen) atoms. The first-order chi connectivity index (χ1) is 9.81. The van der Waals surface area contributed by atoms with Crippen molar-refractivity contribution in [3.63, 3.8) is 0 Å². The first kappa shape index (κ1) is 15.1. The van der Waals surface area contributed by atoms with Crippen molar-refractivity contribution in [2.75, 3.05) is 12.4 Å². The van der Waals surface area contributed by atoms with Crippen LogP contribution in [0.25, 0.3) is 0 Å². The highest BCUT2D eigenvalue weighted by atomic mass is 32.2. The molecule has 0 amide bonds. The maximum atomic E-state index is 6.15. The van der Waals surface area contributed by atoms with Crippen molar-refractivity contribution in [3.05, 3.63) is 0 Å². The lowest BCUT2D eigenvalue weighted by Crippen LogP contribution is -2.49. The minimum atomic E-state index is 0.218. The Morgan fingerprint density at radius 2 is 1.90 bits per heavy atom. The summed E-state index contributed by atoms with van der Waals surface area (Å²) in [4.78, 5) is 0. The molecule has 0 bridgehead atoms. The predicted molar refractivity (Wildman–Crippen MR) is 85.7 cm³/mol. The zero-order valence-corrected chi connectivity index (χ0v) is 13.4. The zero-order chi connectivity index (χ0) is 13.8. The molecule has 3 aliphatic rings. The van der Waals surface area contributed by atoms with Crippen LogP contribution in [0, 0.1) is 5.92 Å². The number of hydrogen-bond acceptors (Lipinski definition) is 4. The molecule has 0 radical (unpaired) electrons. The van der Waals surface area contributed by atoms with Crippen LogP contribution in [0.4, 0.5) is 0 Å². The Labute approximate surface area is 127 Å². The van der Waals surface area contributed by atoms with Gasteiger partial charge in [-0.2, -0.15) is 11.8 Å². The third-order valence-corrected chi connectivity index (χ3v) is 7.14. The molecule has 2 aliphatic carbocycles. The third-order valence-electron chi connectivity index (χ3n) is 5.64. The monoisotopic (exact) mass is 298 g/mol. The van der Waals surface area contributed by atoms with Gasteiger partial charge in [0.15, 0.2) is 0 Å². The first-order valence-electron chi connectivity index (χ1n) is 8.53. The molecular weight excluding hydrogens is 268 g/mol. The second kappa shape index (κ2) is 6.99. The fourth-order valence-corrected chi connectivity index (χ4v) is 5.91. The highest BCUT2D eigenvalue weighted by Gasteiger charge is 2.41. The van der Waals surface area contributed by atoms with Crippen molar-refractivity contribution in [3.8, 4) is 0 Å². The van der Waals surface area contributed by atoms with Gasteiger partial charge in [0.05, 0.1) is 5.60 Å². The largest absolute Gasteiger partial charge is 0.375 e. The molecule has 1 aliphatic heterocycles. The highest BCUT2D eigenvalue weighted by molar-refractivity contribution is 7.99. The Morgan fingerprint density at radius 1 is 1.15 bits per heavy atom. The first-order valence-corrected chi connectivity index (χ1v) is 9.58. The minimum absolute atomic E-state index is 0.218. The summed E-state index contributed by atoms with van der Waals surface area (Å²) in [5.41, 5.74) is 3.34. The van der Waals surface area contributed by atoms with E-state index in [0.29, 0.717) is 12.0 Å². The Morgan fingerprint density at radius 3 is 2.60 bits per heavy atom. The van der Waals surface area contributed by atoms with E-state index in [9.17, 15) is 0 Å². The number of ether oxygens (including phenoxy) is 1. The van der Waals surface area contributed by atoms with Crippen molar-refractivity contribution in [2.24, 2.45) is 11.8 Å². The van der Waals surface area contributed by atoms with Crippen LogP contribution in [0.5, 0.6) is 0 Å². The molecule has 3 N–H and O–H groups in total. The maximum Gasteiger partial charge on any atom is 0.0685 e. The molecule has 3 fully saturated rings. The summed E-state index contributed by atoms with van der Waals surface area (Å²) in [6, 6.07) is 0.474. The van der Waals surface area contributed by atoms with Gasteiger partial charge in [0.25, 0.3) is 0 Å². The topological polar surface area (TPSA) is 47.3 Å². The van der Waals surface area contributed by atoms with Crippen LogP contribution in [-0.2, 0) is 4.74 Å². The molecule has 0 aromatic rings. The molecule has 2 atom stereocenters. The van der Waals surface area contributed by atoms with Crippen molar-refractivity contribution >= 4 is 11.8 Å². The summed E-state index contributed by atoms with van der Waals surface area (Å²) in [7, 11) is 0. The van der Waals surface area contributed by atoms with E-state index in [4.69, 9.17) is 10.6 Å². The van der Waals surface area contributed by atoms with Gasteiger partial charge in [0, 0.05) is 23.7 Å². The molecule has 0 aromatic carbocycles. The standard InChI is InChI=1S/C16H30N2OS/c17-18-15(12-20-14-5-1-2-6-14)13-7-10-19-16(11-13)8-3-4-9-16/h13-15,18H,1-12,17H2. The van der Waals surface area contributed by atoms with E-state index in [2.05, 4.69) is 17.2 Å². The molecule has 2 saturated carbocycles. The number of nitrogens with two attached hydrogens (primary N) is 1. The van der Waals surface area contributed by atoms with Gasteiger partial charge in [-0.1, -0.05) is 25.7 Å². The van der Waals surface area contributed by atoms with Gasteiger partial charge in [0.1, 0.15) is 0 Å². The molecule has 3 nitrogen and oxygen atoms in total. The van der Waals surface area contributed by atoms with E-state index in [1.807, 2.05) is 0 Å². The van der Waals surface area contributed by atoms with Crippen LogP contribution in [0.3, 0.4) is 0 Å². The quantitative estimate of drug-likeness (QED) is 0.604. The van der Waals surface area contributed by atoms with E-state index in [1.165, 1.54) is 70.0 Å². The van der Waals surface area contributed by atoms with Crippen molar-refractivity contribution in [1.82, 2.24) is 5.43 Å². The second-order valence-electron chi connectivity index (χ2n) is 7.00. The van der Waals surface area contributed by atoms with Gasteiger partial charge < -0.3 is 4.74 Å². The number of hydrazine groups is 1. The highest BCUT2D eigenvalue weighted by Crippen LogP contribution is 2.43. The van der Waals surface area contributed by atoms with Gasteiger partial charge in [-0.3, -0.25) is 11.3 Å². The van der Waals surface area contributed by atoms with Gasteiger partial charge >= 0.3 is 0 Å². The van der Waals surface area contributed by atoms with E-state index < -0.39 is 0 Å². The lowest BCUT2D eigenvalue weighted by molar-refractivity contribution is -0.0967. The fraction of sp³-hybridized carbons (Fsp3) is 1.00. The zero-order valence-electron chi connectivity index (χ0n) is 12.6. The van der Waals surface area contributed by atoms with E-state index in [-0.39, 0.29) is 5.60 Å². The third kappa shape index (κ3) is 3.52. The molecule has 1 spiro atoms. The maximum absolute atomic E-state index is 6.15. The Bertz CT molecular complexity index is 301. The summed E-state index contributed by atoms with van der Waals surface area (Å²) < 4.78 is 6.15. The number of nitrogens with one attached hydrogen (secondary N) is 1. The molecular formula is C16H30N2OS. The van der Waals surface area contributed by atoms with E-state index in [0.717, 1.165) is 11.9 Å². The van der Waals surface area contributed by atoms with Gasteiger partial charge in [-0.25, -0.2) is 0 Å². The van der Waals surface area contributed by atoms with Gasteiger partial charge in [-0.05, 0) is 44.4 Å². The van der Waals surface area contributed by atoms with Gasteiger partial charge in [0.2, 0.25) is 0 Å². The average molecular weight is 298 g/mol. The molecule has 0 aromatic heterocycles. The number of hydrogen-bond donors (Lipinski definition) is 2. The van der Waals surface area contributed by atoms with Crippen molar-refractivity contribution in [1.29, 1.82) is 0 Å². The van der Waals surface area contributed by atoms with Crippen LogP contribution >= 0.6 is 11.8 Å². The molecule has 1 saturated heterocycles. The van der Waals surface area contributed by atoms with Crippen molar-refractivity contribution in [2.45, 2.75) is 81.1 Å². The van der Waals surface area contributed by atoms with Crippen LogP contribution in [0.2, 0.25) is 0 Å². The van der Waals surface area contributed by atoms with Crippen LogP contribution in [0.15, 0.2) is 0 Å². The van der Waals surface area contributed by atoms with Crippen LogP contribution < -0.4 is 11.3 Å². The minimum Gasteiger partial charge on any atom is -0.375 e. The SMILES string of the molecule is NNC(CSC1CCCC1)C1CCOC2(CCCC2)C1. The van der Waals surface area contributed by atoms with Crippen LogP contribution in [0.1, 0.15) is 64.2 Å². The molecule has 3 rings (SSSR count). The van der Waals surface area contributed by atoms with E-state index >= 15 is 0 Å². The lowest BCUT2D eigenvalue weighted by atomic mass is 9.81. The summed E-state index contributed by atoms with van der Waals surface area (Å²) >= 11 is 2.16. The number of thioether (sulfide) groups is 1. The lowest BCUT2D eigenvalue weighted by Gasteiger charge is -2.41. The van der Waals surface area contributed by atoms with Crippen molar-refractivity contribution < 1.29 is 4.74 Å².